The van der Waals surface area contributed by atoms with Gasteiger partial charge in [0.25, 0.3) is 0 Å². The van der Waals surface area contributed by atoms with Gasteiger partial charge >= 0.3 is 0 Å². The normalized spacial score (nSPS) is 15.7. The maximum Gasteiger partial charge on any atom is 0.0467 e. The number of fused-ring (bicyclic) bond motifs is 1. The van der Waals surface area contributed by atoms with Crippen molar-refractivity contribution in [2.45, 2.75) is 20.3 Å². The monoisotopic (exact) mass is 494 g/mol. The highest BCUT2D eigenvalue weighted by Crippen LogP contribution is 2.34. The standard InChI is InChI=1S/C36H34N2/c1-4-34(23-20-28(3)37-33-22-21-29-13-8-9-14-31(29)25-33)38(35-17-6-5-7-18-35)36-19-11-16-32(26-36)30-15-10-12-27(2)24-30/h4-11,13-27,37H,1,12H2,2-3H3/b28-20+,34-23+. The molecule has 0 radical (unpaired) electrons. The van der Waals surface area contributed by atoms with Gasteiger partial charge in [-0.15, -0.1) is 0 Å². The van der Waals surface area contributed by atoms with E-state index in [-0.39, 0.29) is 0 Å². The Balaban J connectivity index is 1.47. The molecule has 1 aliphatic carbocycles. The first-order valence-electron chi connectivity index (χ1n) is 13.2. The lowest BCUT2D eigenvalue weighted by Crippen LogP contribution is -2.15. The first-order valence-corrected chi connectivity index (χ1v) is 13.2. The molecule has 0 heterocycles. The molecule has 1 atom stereocenters. The zero-order valence-corrected chi connectivity index (χ0v) is 22.1. The van der Waals surface area contributed by atoms with Gasteiger partial charge in [-0.05, 0) is 95.8 Å². The average molecular weight is 495 g/mol. The fourth-order valence-corrected chi connectivity index (χ4v) is 4.86. The van der Waals surface area contributed by atoms with Gasteiger partial charge in [-0.1, -0.05) is 92.4 Å². The number of hydrogen-bond acceptors (Lipinski definition) is 2. The summed E-state index contributed by atoms with van der Waals surface area (Å²) < 4.78 is 0. The summed E-state index contributed by atoms with van der Waals surface area (Å²) in [6.07, 6.45) is 14.1. The lowest BCUT2D eigenvalue weighted by Gasteiger charge is -2.27. The van der Waals surface area contributed by atoms with Crippen LogP contribution in [-0.2, 0) is 0 Å². The third kappa shape index (κ3) is 5.87. The smallest absolute Gasteiger partial charge is 0.0467 e. The van der Waals surface area contributed by atoms with Gasteiger partial charge in [0.05, 0.1) is 0 Å². The molecule has 38 heavy (non-hydrogen) atoms. The number of allylic oxidation sites excluding steroid dienone is 8. The maximum absolute atomic E-state index is 4.17. The lowest BCUT2D eigenvalue weighted by molar-refractivity contribution is 0.740. The van der Waals surface area contributed by atoms with Gasteiger partial charge < -0.3 is 10.2 Å². The minimum atomic E-state index is 0.552. The third-order valence-corrected chi connectivity index (χ3v) is 6.78. The predicted molar refractivity (Wildman–Crippen MR) is 166 cm³/mol. The molecule has 0 aliphatic heterocycles. The molecule has 1 N–H and O–H groups in total. The molecule has 4 aromatic carbocycles. The van der Waals surface area contributed by atoms with Crippen LogP contribution in [0, 0.1) is 5.92 Å². The summed E-state index contributed by atoms with van der Waals surface area (Å²) in [5.41, 5.74) is 7.80. The second-order valence-electron chi connectivity index (χ2n) is 9.79. The fourth-order valence-electron chi connectivity index (χ4n) is 4.86. The SMILES string of the molecule is C=C/C(=C\C=C(/C)Nc1ccc2ccccc2c1)N(c1ccccc1)c1cccc(C2=CC(C)CC=C2)c1. The molecule has 0 spiro atoms. The second kappa shape index (κ2) is 11.7. The number of anilines is 3. The first kappa shape index (κ1) is 25.1. The number of nitrogens with zero attached hydrogens (tertiary/aromatic N) is 1. The Labute approximate surface area is 226 Å². The molecule has 4 aromatic rings. The summed E-state index contributed by atoms with van der Waals surface area (Å²) in [4.78, 5) is 2.26. The molecule has 2 heteroatoms. The van der Waals surface area contributed by atoms with Crippen LogP contribution in [0.3, 0.4) is 0 Å². The zero-order chi connectivity index (χ0) is 26.3. The van der Waals surface area contributed by atoms with Crippen molar-refractivity contribution in [3.05, 3.63) is 157 Å². The fraction of sp³-hybridized carbons (Fsp3) is 0.111. The highest BCUT2D eigenvalue weighted by Gasteiger charge is 2.14. The molecule has 0 saturated heterocycles. The van der Waals surface area contributed by atoms with Crippen LogP contribution in [0.1, 0.15) is 25.8 Å². The van der Waals surface area contributed by atoms with Crippen LogP contribution in [0.4, 0.5) is 17.1 Å². The first-order chi connectivity index (χ1) is 18.6. The Morgan fingerprint density at radius 2 is 1.61 bits per heavy atom. The van der Waals surface area contributed by atoms with E-state index >= 15 is 0 Å². The van der Waals surface area contributed by atoms with E-state index in [2.05, 4.69) is 152 Å². The van der Waals surface area contributed by atoms with E-state index in [0.717, 1.165) is 34.9 Å². The molecule has 5 rings (SSSR count). The topological polar surface area (TPSA) is 15.3 Å². The minimum absolute atomic E-state index is 0.552. The molecule has 0 bridgehead atoms. The van der Waals surface area contributed by atoms with E-state index in [4.69, 9.17) is 0 Å². The van der Waals surface area contributed by atoms with Crippen molar-refractivity contribution in [1.29, 1.82) is 0 Å². The number of nitrogens with one attached hydrogen (secondary N) is 1. The third-order valence-electron chi connectivity index (χ3n) is 6.78. The van der Waals surface area contributed by atoms with Gasteiger partial charge in [0.1, 0.15) is 0 Å². The molecule has 0 aromatic heterocycles. The van der Waals surface area contributed by atoms with E-state index in [9.17, 15) is 0 Å². The number of hydrogen-bond donors (Lipinski definition) is 1. The van der Waals surface area contributed by atoms with Crippen LogP contribution in [-0.4, -0.2) is 0 Å². The van der Waals surface area contributed by atoms with Crippen LogP contribution in [0.5, 0.6) is 0 Å². The molecule has 1 unspecified atom stereocenters. The maximum atomic E-state index is 4.17. The molecule has 0 fully saturated rings. The van der Waals surface area contributed by atoms with Crippen LogP contribution >= 0.6 is 0 Å². The summed E-state index contributed by atoms with van der Waals surface area (Å²) in [5.74, 6) is 0.552. The second-order valence-corrected chi connectivity index (χ2v) is 9.79. The number of rotatable bonds is 8. The van der Waals surface area contributed by atoms with Gasteiger partial charge in [-0.25, -0.2) is 0 Å². The summed E-state index contributed by atoms with van der Waals surface area (Å²) in [6.45, 7) is 8.52. The Morgan fingerprint density at radius 3 is 2.39 bits per heavy atom. The lowest BCUT2D eigenvalue weighted by atomic mass is 9.93. The van der Waals surface area contributed by atoms with Crippen molar-refractivity contribution in [2.75, 3.05) is 10.2 Å². The molecule has 0 saturated carbocycles. The van der Waals surface area contributed by atoms with Gasteiger partial charge in [0.2, 0.25) is 0 Å². The number of benzene rings is 4. The highest BCUT2D eigenvalue weighted by molar-refractivity contribution is 5.86. The average Bonchev–Trinajstić information content (AvgIpc) is 2.95. The van der Waals surface area contributed by atoms with Crippen molar-refractivity contribution in [3.63, 3.8) is 0 Å². The van der Waals surface area contributed by atoms with Gasteiger partial charge in [-0.2, -0.15) is 0 Å². The van der Waals surface area contributed by atoms with Gasteiger partial charge in [0, 0.05) is 28.5 Å². The number of para-hydroxylation sites is 1. The Kier molecular flexibility index (Phi) is 7.70. The molecule has 2 nitrogen and oxygen atoms in total. The van der Waals surface area contributed by atoms with E-state index in [0.29, 0.717) is 5.92 Å². The zero-order valence-electron chi connectivity index (χ0n) is 22.1. The summed E-state index contributed by atoms with van der Waals surface area (Å²) in [5, 5.41) is 6.00. The Bertz CT molecular complexity index is 1550. The highest BCUT2D eigenvalue weighted by atomic mass is 15.1. The van der Waals surface area contributed by atoms with Crippen LogP contribution in [0.15, 0.2) is 151 Å². The van der Waals surface area contributed by atoms with Crippen LogP contribution in [0.25, 0.3) is 16.3 Å². The molecule has 188 valence electrons. The predicted octanol–water partition coefficient (Wildman–Crippen LogP) is 10.0. The molecule has 0 amide bonds. The summed E-state index contributed by atoms with van der Waals surface area (Å²) in [6, 6.07) is 34.1. The Morgan fingerprint density at radius 1 is 0.842 bits per heavy atom. The van der Waals surface area contributed by atoms with Crippen LogP contribution < -0.4 is 10.2 Å². The van der Waals surface area contributed by atoms with E-state index in [1.807, 2.05) is 12.1 Å². The van der Waals surface area contributed by atoms with Crippen molar-refractivity contribution in [2.24, 2.45) is 5.92 Å². The van der Waals surface area contributed by atoms with Gasteiger partial charge in [-0.3, -0.25) is 0 Å². The Hall–Kier alpha value is -4.56. The van der Waals surface area contributed by atoms with Crippen molar-refractivity contribution in [1.82, 2.24) is 0 Å². The van der Waals surface area contributed by atoms with E-state index in [1.54, 1.807) is 0 Å². The molecular formula is C36H34N2. The van der Waals surface area contributed by atoms with E-state index in [1.165, 1.54) is 21.9 Å². The summed E-state index contributed by atoms with van der Waals surface area (Å²) >= 11 is 0. The van der Waals surface area contributed by atoms with Crippen LogP contribution in [0.2, 0.25) is 0 Å². The van der Waals surface area contributed by atoms with Gasteiger partial charge in [0.15, 0.2) is 0 Å². The van der Waals surface area contributed by atoms with Crippen molar-refractivity contribution in [3.8, 4) is 0 Å². The largest absolute Gasteiger partial charge is 0.359 e. The minimum Gasteiger partial charge on any atom is -0.359 e. The van der Waals surface area contributed by atoms with Crippen molar-refractivity contribution >= 4 is 33.4 Å². The molecule has 1 aliphatic rings. The quantitative estimate of drug-likeness (QED) is 0.245. The molecular weight excluding hydrogens is 460 g/mol. The van der Waals surface area contributed by atoms with Crippen molar-refractivity contribution < 1.29 is 0 Å². The van der Waals surface area contributed by atoms with E-state index < -0.39 is 0 Å². The summed E-state index contributed by atoms with van der Waals surface area (Å²) in [7, 11) is 0.